The van der Waals surface area contributed by atoms with Gasteiger partial charge in [-0.3, -0.25) is 4.79 Å². The van der Waals surface area contributed by atoms with Gasteiger partial charge in [0.2, 0.25) is 0 Å². The van der Waals surface area contributed by atoms with E-state index in [1.807, 2.05) is 60.7 Å². The second-order valence-corrected chi connectivity index (χ2v) is 6.25. The number of rotatable bonds is 4. The molecule has 1 atom stereocenters. The molecule has 0 spiro atoms. The van der Waals surface area contributed by atoms with Crippen LogP contribution in [0.2, 0.25) is 0 Å². The van der Waals surface area contributed by atoms with Gasteiger partial charge >= 0.3 is 0 Å². The minimum atomic E-state index is -0.0521. The summed E-state index contributed by atoms with van der Waals surface area (Å²) in [6.07, 6.45) is 4.04. The number of benzene rings is 2. The van der Waals surface area contributed by atoms with Gasteiger partial charge in [0.25, 0.3) is 5.91 Å². The van der Waals surface area contributed by atoms with Crippen molar-refractivity contribution >= 4 is 5.91 Å². The van der Waals surface area contributed by atoms with Crippen LogP contribution in [0.15, 0.2) is 73.1 Å². The van der Waals surface area contributed by atoms with E-state index in [1.54, 1.807) is 17.3 Å². The molecule has 3 aromatic rings. The molecule has 0 radical (unpaired) electrons. The predicted octanol–water partition coefficient (Wildman–Crippen LogP) is 3.44. The molecule has 5 heteroatoms. The van der Waals surface area contributed by atoms with Crippen LogP contribution in [0.5, 0.6) is 5.75 Å². The molecule has 0 aliphatic carbocycles. The maximum absolute atomic E-state index is 12.7. The normalized spacial score (nSPS) is 16.5. The van der Waals surface area contributed by atoms with Crippen LogP contribution < -0.4 is 4.74 Å². The Labute approximate surface area is 152 Å². The van der Waals surface area contributed by atoms with Crippen molar-refractivity contribution in [1.29, 1.82) is 0 Å². The number of ether oxygens (including phenoxy) is 1. The second-order valence-electron chi connectivity index (χ2n) is 6.25. The summed E-state index contributed by atoms with van der Waals surface area (Å²) in [7, 11) is 0. The van der Waals surface area contributed by atoms with Crippen molar-refractivity contribution < 1.29 is 9.53 Å². The Morgan fingerprint density at radius 1 is 0.962 bits per heavy atom. The molecule has 4 rings (SSSR count). The topological polar surface area (TPSA) is 55.3 Å². The van der Waals surface area contributed by atoms with Crippen molar-refractivity contribution in [2.45, 2.75) is 12.5 Å². The van der Waals surface area contributed by atoms with Crippen molar-refractivity contribution in [3.8, 4) is 17.1 Å². The summed E-state index contributed by atoms with van der Waals surface area (Å²) in [6, 6.07) is 19.4. The number of nitrogens with zero attached hydrogens (tertiary/aromatic N) is 3. The highest BCUT2D eigenvalue weighted by Gasteiger charge is 2.28. The van der Waals surface area contributed by atoms with Crippen LogP contribution in [0.4, 0.5) is 0 Å². The third kappa shape index (κ3) is 3.57. The Hall–Kier alpha value is -3.21. The van der Waals surface area contributed by atoms with Gasteiger partial charge in [0.15, 0.2) is 5.82 Å². The molecule has 1 saturated heterocycles. The molecule has 130 valence electrons. The summed E-state index contributed by atoms with van der Waals surface area (Å²) in [4.78, 5) is 23.2. The lowest BCUT2D eigenvalue weighted by Gasteiger charge is -2.17. The Balaban J connectivity index is 1.40. The summed E-state index contributed by atoms with van der Waals surface area (Å²) >= 11 is 0. The molecule has 5 nitrogen and oxygen atoms in total. The molecular formula is C21H19N3O2. The highest BCUT2D eigenvalue weighted by molar-refractivity contribution is 5.94. The number of carbonyl (C=O) groups is 1. The summed E-state index contributed by atoms with van der Waals surface area (Å²) in [5, 5.41) is 0. The van der Waals surface area contributed by atoms with Gasteiger partial charge in [-0.1, -0.05) is 48.5 Å². The van der Waals surface area contributed by atoms with E-state index in [-0.39, 0.29) is 12.0 Å². The lowest BCUT2D eigenvalue weighted by Crippen LogP contribution is -2.31. The third-order valence-corrected chi connectivity index (χ3v) is 4.41. The zero-order valence-electron chi connectivity index (χ0n) is 14.3. The number of carbonyl (C=O) groups excluding carboxylic acids is 1. The van der Waals surface area contributed by atoms with Crippen LogP contribution in [-0.2, 0) is 0 Å². The van der Waals surface area contributed by atoms with Gasteiger partial charge in [-0.2, -0.15) is 0 Å². The fraction of sp³-hybridized carbons (Fsp3) is 0.190. The number of aromatic nitrogens is 2. The fourth-order valence-electron chi connectivity index (χ4n) is 3.06. The van der Waals surface area contributed by atoms with E-state index >= 15 is 0 Å². The average Bonchev–Trinajstić information content (AvgIpc) is 3.17. The first kappa shape index (κ1) is 16.3. The Bertz CT molecular complexity index is 867. The molecule has 2 aromatic carbocycles. The number of amides is 1. The van der Waals surface area contributed by atoms with Crippen LogP contribution in [0.1, 0.15) is 16.8 Å². The number of hydrogen-bond donors (Lipinski definition) is 0. The molecule has 1 aromatic heterocycles. The van der Waals surface area contributed by atoms with Gasteiger partial charge in [-0.15, -0.1) is 0 Å². The van der Waals surface area contributed by atoms with Gasteiger partial charge in [0.05, 0.1) is 12.1 Å². The standard InChI is InChI=1S/C21H19N3O2/c25-21(17-13-22-20(23-14-17)16-7-3-1-4-8-16)24-12-11-19(15-24)26-18-9-5-2-6-10-18/h1-10,13-14,19H,11-12,15H2/t19-/m1/s1. The van der Waals surface area contributed by atoms with E-state index in [4.69, 9.17) is 4.74 Å². The minimum Gasteiger partial charge on any atom is -0.489 e. The molecule has 0 bridgehead atoms. The molecule has 1 fully saturated rings. The number of likely N-dealkylation sites (tertiary alicyclic amines) is 1. The Morgan fingerprint density at radius 2 is 1.62 bits per heavy atom. The molecular weight excluding hydrogens is 326 g/mol. The largest absolute Gasteiger partial charge is 0.489 e. The van der Waals surface area contributed by atoms with Gasteiger partial charge in [-0.25, -0.2) is 9.97 Å². The molecule has 0 unspecified atom stereocenters. The zero-order chi connectivity index (χ0) is 17.8. The van der Waals surface area contributed by atoms with E-state index in [1.165, 1.54) is 0 Å². The smallest absolute Gasteiger partial charge is 0.257 e. The predicted molar refractivity (Wildman–Crippen MR) is 98.8 cm³/mol. The zero-order valence-corrected chi connectivity index (χ0v) is 14.3. The molecule has 2 heterocycles. The molecule has 26 heavy (non-hydrogen) atoms. The van der Waals surface area contributed by atoms with Gasteiger partial charge in [0, 0.05) is 30.9 Å². The SMILES string of the molecule is O=C(c1cnc(-c2ccccc2)nc1)N1CC[C@@H](Oc2ccccc2)C1. The monoisotopic (exact) mass is 345 g/mol. The minimum absolute atomic E-state index is 0.0193. The Morgan fingerprint density at radius 3 is 2.31 bits per heavy atom. The van der Waals surface area contributed by atoms with Gasteiger partial charge < -0.3 is 9.64 Å². The van der Waals surface area contributed by atoms with Crippen LogP contribution in [0.25, 0.3) is 11.4 Å². The second kappa shape index (κ2) is 7.35. The molecule has 1 amide bonds. The number of para-hydroxylation sites is 1. The van der Waals surface area contributed by atoms with Gasteiger partial charge in [-0.05, 0) is 12.1 Å². The van der Waals surface area contributed by atoms with Crippen molar-refractivity contribution in [1.82, 2.24) is 14.9 Å². The fourth-order valence-corrected chi connectivity index (χ4v) is 3.06. The first-order chi connectivity index (χ1) is 12.8. The van der Waals surface area contributed by atoms with Crippen LogP contribution in [0.3, 0.4) is 0 Å². The van der Waals surface area contributed by atoms with E-state index in [0.29, 0.717) is 24.5 Å². The van der Waals surface area contributed by atoms with Crippen molar-refractivity contribution in [3.63, 3.8) is 0 Å². The summed E-state index contributed by atoms with van der Waals surface area (Å²) in [5.41, 5.74) is 1.44. The van der Waals surface area contributed by atoms with E-state index in [2.05, 4.69) is 9.97 Å². The highest BCUT2D eigenvalue weighted by atomic mass is 16.5. The van der Waals surface area contributed by atoms with E-state index < -0.39 is 0 Å². The van der Waals surface area contributed by atoms with Crippen LogP contribution in [0, 0.1) is 0 Å². The molecule has 0 saturated carbocycles. The third-order valence-electron chi connectivity index (χ3n) is 4.41. The summed E-state index contributed by atoms with van der Waals surface area (Å²) in [5.74, 6) is 1.40. The summed E-state index contributed by atoms with van der Waals surface area (Å²) in [6.45, 7) is 1.25. The molecule has 1 aliphatic heterocycles. The highest BCUT2D eigenvalue weighted by Crippen LogP contribution is 2.20. The van der Waals surface area contributed by atoms with Gasteiger partial charge in [0.1, 0.15) is 11.9 Å². The lowest BCUT2D eigenvalue weighted by atomic mass is 10.2. The Kier molecular flexibility index (Phi) is 4.60. The first-order valence-electron chi connectivity index (χ1n) is 8.68. The van der Waals surface area contributed by atoms with Crippen LogP contribution in [-0.4, -0.2) is 40.0 Å². The van der Waals surface area contributed by atoms with Crippen molar-refractivity contribution in [2.75, 3.05) is 13.1 Å². The first-order valence-corrected chi connectivity index (χ1v) is 8.68. The molecule has 1 aliphatic rings. The average molecular weight is 345 g/mol. The lowest BCUT2D eigenvalue weighted by molar-refractivity contribution is 0.0771. The van der Waals surface area contributed by atoms with E-state index in [0.717, 1.165) is 17.7 Å². The van der Waals surface area contributed by atoms with Crippen molar-refractivity contribution in [2.24, 2.45) is 0 Å². The maximum Gasteiger partial charge on any atom is 0.257 e. The number of hydrogen-bond acceptors (Lipinski definition) is 4. The van der Waals surface area contributed by atoms with Crippen LogP contribution >= 0.6 is 0 Å². The van der Waals surface area contributed by atoms with Crippen molar-refractivity contribution in [3.05, 3.63) is 78.6 Å². The maximum atomic E-state index is 12.7. The molecule has 0 N–H and O–H groups in total. The quantitative estimate of drug-likeness (QED) is 0.727. The van der Waals surface area contributed by atoms with E-state index in [9.17, 15) is 4.79 Å². The summed E-state index contributed by atoms with van der Waals surface area (Å²) < 4.78 is 5.94.